The lowest BCUT2D eigenvalue weighted by Gasteiger charge is -2.19. The summed E-state index contributed by atoms with van der Waals surface area (Å²) >= 11 is 12.2. The van der Waals surface area contributed by atoms with Crippen LogP contribution in [0.3, 0.4) is 0 Å². The average molecular weight is 377 g/mol. The van der Waals surface area contributed by atoms with E-state index in [2.05, 4.69) is 29.6 Å². The number of rotatable bonds is 7. The summed E-state index contributed by atoms with van der Waals surface area (Å²) in [6.45, 7) is 1.70. The normalized spacial score (nSPS) is 16.3. The molecule has 134 valence electrons. The van der Waals surface area contributed by atoms with Crippen molar-refractivity contribution < 1.29 is 0 Å². The Bertz CT molecular complexity index is 696. The Morgan fingerprint density at radius 1 is 1.00 bits per heavy atom. The van der Waals surface area contributed by atoms with E-state index in [9.17, 15) is 0 Å². The molecular formula is C21H26Cl2N2. The summed E-state index contributed by atoms with van der Waals surface area (Å²) < 4.78 is 0. The fraction of sp³-hybridized carbons (Fsp3) is 0.429. The molecular weight excluding hydrogens is 351 g/mol. The molecule has 0 aliphatic heterocycles. The molecule has 2 nitrogen and oxygen atoms in total. The molecule has 0 aromatic heterocycles. The van der Waals surface area contributed by atoms with Gasteiger partial charge in [-0.05, 0) is 67.1 Å². The van der Waals surface area contributed by atoms with Crippen molar-refractivity contribution in [2.75, 3.05) is 13.1 Å². The van der Waals surface area contributed by atoms with Crippen molar-refractivity contribution >= 4 is 23.2 Å². The Kier molecular flexibility index (Phi) is 6.77. The van der Waals surface area contributed by atoms with Crippen LogP contribution in [-0.2, 0) is 0 Å². The summed E-state index contributed by atoms with van der Waals surface area (Å²) in [5.41, 5.74) is 9.59. The van der Waals surface area contributed by atoms with Crippen molar-refractivity contribution in [1.29, 1.82) is 0 Å². The second-order valence-electron chi connectivity index (χ2n) is 6.91. The molecule has 0 radical (unpaired) electrons. The molecule has 2 aromatic rings. The first-order valence-corrected chi connectivity index (χ1v) is 9.92. The zero-order valence-corrected chi connectivity index (χ0v) is 16.0. The van der Waals surface area contributed by atoms with Gasteiger partial charge >= 0.3 is 0 Å². The highest BCUT2D eigenvalue weighted by Crippen LogP contribution is 2.30. The Labute approximate surface area is 160 Å². The lowest BCUT2D eigenvalue weighted by Crippen LogP contribution is -2.29. The summed E-state index contributed by atoms with van der Waals surface area (Å²) in [5.74, 6) is 0.372. The maximum absolute atomic E-state index is 6.16. The van der Waals surface area contributed by atoms with Gasteiger partial charge in [0.1, 0.15) is 0 Å². The van der Waals surface area contributed by atoms with Crippen LogP contribution in [0.15, 0.2) is 42.5 Å². The lowest BCUT2D eigenvalue weighted by molar-refractivity contribution is 0.490. The van der Waals surface area contributed by atoms with Gasteiger partial charge in [-0.3, -0.25) is 0 Å². The maximum Gasteiger partial charge on any atom is 0.0598 e. The topological polar surface area (TPSA) is 38.0 Å². The first-order chi connectivity index (χ1) is 12.2. The van der Waals surface area contributed by atoms with E-state index in [1.807, 2.05) is 18.2 Å². The fourth-order valence-corrected chi connectivity index (χ4v) is 3.96. The van der Waals surface area contributed by atoms with Crippen LogP contribution in [0.4, 0.5) is 0 Å². The van der Waals surface area contributed by atoms with Gasteiger partial charge in [0, 0.05) is 6.04 Å². The smallest absolute Gasteiger partial charge is 0.0598 e. The molecule has 1 aliphatic rings. The van der Waals surface area contributed by atoms with E-state index in [0.29, 0.717) is 28.5 Å². The lowest BCUT2D eigenvalue weighted by atomic mass is 9.92. The summed E-state index contributed by atoms with van der Waals surface area (Å²) in [7, 11) is 0. The molecule has 3 rings (SSSR count). The van der Waals surface area contributed by atoms with Gasteiger partial charge in [0.25, 0.3) is 0 Å². The average Bonchev–Trinajstić information content (AvgIpc) is 3.15. The van der Waals surface area contributed by atoms with E-state index in [0.717, 1.165) is 24.1 Å². The molecule has 3 N–H and O–H groups in total. The molecule has 1 fully saturated rings. The van der Waals surface area contributed by atoms with Crippen LogP contribution in [0.25, 0.3) is 11.1 Å². The second kappa shape index (κ2) is 9.05. The Balaban J connectivity index is 1.68. The van der Waals surface area contributed by atoms with Gasteiger partial charge in [-0.25, -0.2) is 0 Å². The monoisotopic (exact) mass is 376 g/mol. The van der Waals surface area contributed by atoms with Crippen LogP contribution in [0, 0.1) is 0 Å². The molecule has 2 aromatic carbocycles. The zero-order chi connectivity index (χ0) is 17.6. The number of halogens is 2. The van der Waals surface area contributed by atoms with Gasteiger partial charge < -0.3 is 11.1 Å². The second-order valence-corrected chi connectivity index (χ2v) is 7.73. The predicted octanol–water partition coefficient (Wildman–Crippen LogP) is 5.63. The van der Waals surface area contributed by atoms with E-state index in [-0.39, 0.29) is 0 Å². The summed E-state index contributed by atoms with van der Waals surface area (Å²) in [6, 6.07) is 15.1. The SMILES string of the molecule is NCC(CCNC1CCCC1)c1cccc(-c2ccc(Cl)c(Cl)c2)c1. The first kappa shape index (κ1) is 18.7. The highest BCUT2D eigenvalue weighted by atomic mass is 35.5. The van der Waals surface area contributed by atoms with Crippen LogP contribution >= 0.6 is 23.2 Å². The molecule has 0 heterocycles. The number of hydrogen-bond donors (Lipinski definition) is 2. The van der Waals surface area contributed by atoms with Crippen molar-refractivity contribution in [3.05, 3.63) is 58.1 Å². The number of benzene rings is 2. The molecule has 0 saturated heterocycles. The molecule has 25 heavy (non-hydrogen) atoms. The Morgan fingerprint density at radius 3 is 2.48 bits per heavy atom. The largest absolute Gasteiger partial charge is 0.330 e. The standard InChI is InChI=1S/C21H26Cl2N2/c22-20-9-8-17(13-21(20)23)15-4-3-5-16(12-15)18(14-24)10-11-25-19-6-1-2-7-19/h3-5,8-9,12-13,18-19,25H,1-2,6-7,10-11,14,24H2. The molecule has 1 atom stereocenters. The summed E-state index contributed by atoms with van der Waals surface area (Å²) in [5, 5.41) is 4.86. The third-order valence-electron chi connectivity index (χ3n) is 5.18. The fourth-order valence-electron chi connectivity index (χ4n) is 3.66. The van der Waals surface area contributed by atoms with E-state index < -0.39 is 0 Å². The highest BCUT2D eigenvalue weighted by molar-refractivity contribution is 6.42. The van der Waals surface area contributed by atoms with Crippen LogP contribution in [-0.4, -0.2) is 19.1 Å². The third-order valence-corrected chi connectivity index (χ3v) is 5.92. The van der Waals surface area contributed by atoms with Crippen molar-refractivity contribution in [3.63, 3.8) is 0 Å². The van der Waals surface area contributed by atoms with E-state index in [4.69, 9.17) is 28.9 Å². The van der Waals surface area contributed by atoms with Crippen molar-refractivity contribution in [2.24, 2.45) is 5.73 Å². The van der Waals surface area contributed by atoms with Gasteiger partial charge in [-0.1, -0.05) is 66.4 Å². The summed E-state index contributed by atoms with van der Waals surface area (Å²) in [6.07, 6.45) is 6.44. The number of nitrogens with one attached hydrogen (secondary N) is 1. The first-order valence-electron chi connectivity index (χ1n) is 9.16. The molecule has 1 aliphatic carbocycles. The molecule has 4 heteroatoms. The van der Waals surface area contributed by atoms with Crippen LogP contribution < -0.4 is 11.1 Å². The zero-order valence-electron chi connectivity index (χ0n) is 14.5. The third kappa shape index (κ3) is 4.98. The van der Waals surface area contributed by atoms with Crippen LogP contribution in [0.5, 0.6) is 0 Å². The van der Waals surface area contributed by atoms with Gasteiger partial charge in [0.05, 0.1) is 10.0 Å². The van der Waals surface area contributed by atoms with Gasteiger partial charge in [0.15, 0.2) is 0 Å². The molecule has 0 bridgehead atoms. The number of nitrogens with two attached hydrogens (primary N) is 1. The van der Waals surface area contributed by atoms with E-state index >= 15 is 0 Å². The predicted molar refractivity (Wildman–Crippen MR) is 109 cm³/mol. The maximum atomic E-state index is 6.16. The minimum atomic E-state index is 0.372. The van der Waals surface area contributed by atoms with Crippen LogP contribution in [0.1, 0.15) is 43.6 Å². The minimum Gasteiger partial charge on any atom is -0.330 e. The molecule has 0 amide bonds. The quantitative estimate of drug-likeness (QED) is 0.657. The van der Waals surface area contributed by atoms with Gasteiger partial charge in [-0.15, -0.1) is 0 Å². The molecule has 1 unspecified atom stereocenters. The van der Waals surface area contributed by atoms with E-state index in [1.54, 1.807) is 0 Å². The van der Waals surface area contributed by atoms with Crippen molar-refractivity contribution in [2.45, 2.75) is 44.1 Å². The highest BCUT2D eigenvalue weighted by Gasteiger charge is 2.16. The van der Waals surface area contributed by atoms with Crippen LogP contribution in [0.2, 0.25) is 10.0 Å². The van der Waals surface area contributed by atoms with Gasteiger partial charge in [0.2, 0.25) is 0 Å². The number of hydrogen-bond acceptors (Lipinski definition) is 2. The molecule has 1 saturated carbocycles. The molecule has 0 spiro atoms. The van der Waals surface area contributed by atoms with Crippen molar-refractivity contribution in [3.8, 4) is 11.1 Å². The Hall–Kier alpha value is -1.06. The minimum absolute atomic E-state index is 0.372. The Morgan fingerprint density at radius 2 is 1.76 bits per heavy atom. The van der Waals surface area contributed by atoms with Gasteiger partial charge in [-0.2, -0.15) is 0 Å². The van der Waals surface area contributed by atoms with Crippen molar-refractivity contribution in [1.82, 2.24) is 5.32 Å². The van der Waals surface area contributed by atoms with E-state index in [1.165, 1.54) is 31.2 Å². The summed E-state index contributed by atoms with van der Waals surface area (Å²) in [4.78, 5) is 0.